The fourth-order valence-corrected chi connectivity index (χ4v) is 1.64. The van der Waals surface area contributed by atoms with Gasteiger partial charge >= 0.3 is 0 Å². The number of ether oxygens (including phenoxy) is 1. The van der Waals surface area contributed by atoms with E-state index in [2.05, 4.69) is 0 Å². The SMILES string of the molecule is NC(=S)c1cccc(OCc2ccccc2F)c1. The molecule has 18 heavy (non-hydrogen) atoms. The normalized spacial score (nSPS) is 10.1. The van der Waals surface area contributed by atoms with Crippen LogP contribution in [0.15, 0.2) is 48.5 Å². The standard InChI is InChI=1S/C14H12FNOS/c15-13-7-2-1-4-11(13)9-17-12-6-3-5-10(8-12)14(16)18/h1-8H,9H2,(H2,16,18). The van der Waals surface area contributed by atoms with Gasteiger partial charge in [-0.25, -0.2) is 4.39 Å². The van der Waals surface area contributed by atoms with Crippen LogP contribution in [0.4, 0.5) is 4.39 Å². The van der Waals surface area contributed by atoms with E-state index in [1.165, 1.54) is 6.07 Å². The van der Waals surface area contributed by atoms with Crippen LogP contribution < -0.4 is 10.5 Å². The Bertz CT molecular complexity index is 571. The zero-order valence-corrected chi connectivity index (χ0v) is 10.4. The van der Waals surface area contributed by atoms with Gasteiger partial charge in [0.25, 0.3) is 0 Å². The van der Waals surface area contributed by atoms with Gasteiger partial charge in [0.1, 0.15) is 23.2 Å². The van der Waals surface area contributed by atoms with E-state index in [1.54, 1.807) is 42.5 Å². The van der Waals surface area contributed by atoms with Gasteiger partial charge in [0.15, 0.2) is 0 Å². The monoisotopic (exact) mass is 261 g/mol. The zero-order valence-electron chi connectivity index (χ0n) is 9.60. The van der Waals surface area contributed by atoms with Gasteiger partial charge in [0, 0.05) is 11.1 Å². The molecule has 0 aliphatic rings. The summed E-state index contributed by atoms with van der Waals surface area (Å²) in [5.74, 6) is 0.339. The molecule has 2 N–H and O–H groups in total. The minimum Gasteiger partial charge on any atom is -0.489 e. The molecular formula is C14H12FNOS. The number of rotatable bonds is 4. The maximum absolute atomic E-state index is 13.4. The highest BCUT2D eigenvalue weighted by atomic mass is 32.1. The molecule has 0 unspecified atom stereocenters. The second-order valence-electron chi connectivity index (χ2n) is 3.77. The lowest BCUT2D eigenvalue weighted by Gasteiger charge is -2.08. The highest BCUT2D eigenvalue weighted by Crippen LogP contribution is 2.16. The highest BCUT2D eigenvalue weighted by molar-refractivity contribution is 7.80. The number of thiocarbonyl (C=S) groups is 1. The molecule has 2 aromatic carbocycles. The summed E-state index contributed by atoms with van der Waals surface area (Å²) in [5.41, 5.74) is 6.77. The predicted octanol–water partition coefficient (Wildman–Crippen LogP) is 3.04. The van der Waals surface area contributed by atoms with Crippen molar-refractivity contribution in [3.63, 3.8) is 0 Å². The molecule has 2 nitrogen and oxygen atoms in total. The molecule has 92 valence electrons. The van der Waals surface area contributed by atoms with Gasteiger partial charge in [-0.05, 0) is 18.2 Å². The van der Waals surface area contributed by atoms with Crippen LogP contribution in [0.25, 0.3) is 0 Å². The second-order valence-corrected chi connectivity index (χ2v) is 4.21. The predicted molar refractivity (Wildman–Crippen MR) is 73.1 cm³/mol. The Morgan fingerprint density at radius 1 is 1.17 bits per heavy atom. The molecule has 0 bridgehead atoms. The van der Waals surface area contributed by atoms with Crippen molar-refractivity contribution in [1.29, 1.82) is 0 Å². The van der Waals surface area contributed by atoms with Gasteiger partial charge < -0.3 is 10.5 Å². The lowest BCUT2D eigenvalue weighted by molar-refractivity contribution is 0.300. The molecule has 0 amide bonds. The average molecular weight is 261 g/mol. The molecule has 0 aliphatic heterocycles. The van der Waals surface area contributed by atoms with Crippen molar-refractivity contribution in [1.82, 2.24) is 0 Å². The van der Waals surface area contributed by atoms with E-state index in [4.69, 9.17) is 22.7 Å². The van der Waals surface area contributed by atoms with Gasteiger partial charge in [-0.1, -0.05) is 42.5 Å². The van der Waals surface area contributed by atoms with Crippen LogP contribution in [-0.4, -0.2) is 4.99 Å². The minimum absolute atomic E-state index is 0.174. The van der Waals surface area contributed by atoms with Crippen LogP contribution in [-0.2, 0) is 6.61 Å². The maximum Gasteiger partial charge on any atom is 0.129 e. The molecule has 2 aromatic rings. The van der Waals surface area contributed by atoms with Crippen LogP contribution in [0.2, 0.25) is 0 Å². The quantitative estimate of drug-likeness (QED) is 0.859. The van der Waals surface area contributed by atoms with E-state index in [1.807, 2.05) is 0 Å². The third-order valence-electron chi connectivity index (χ3n) is 2.47. The second kappa shape index (κ2) is 5.60. The van der Waals surface area contributed by atoms with Crippen molar-refractivity contribution in [3.05, 3.63) is 65.5 Å². The maximum atomic E-state index is 13.4. The third kappa shape index (κ3) is 3.05. The largest absolute Gasteiger partial charge is 0.489 e. The molecule has 0 aromatic heterocycles. The van der Waals surface area contributed by atoms with Crippen molar-refractivity contribution in [2.24, 2.45) is 5.73 Å². The summed E-state index contributed by atoms with van der Waals surface area (Å²) in [6, 6.07) is 13.6. The first-order valence-electron chi connectivity index (χ1n) is 5.43. The van der Waals surface area contributed by atoms with Crippen molar-refractivity contribution in [3.8, 4) is 5.75 Å². The van der Waals surface area contributed by atoms with E-state index in [0.717, 1.165) is 5.56 Å². The first-order valence-corrected chi connectivity index (χ1v) is 5.84. The summed E-state index contributed by atoms with van der Waals surface area (Å²) < 4.78 is 18.9. The lowest BCUT2D eigenvalue weighted by Crippen LogP contribution is -2.09. The van der Waals surface area contributed by atoms with E-state index in [9.17, 15) is 4.39 Å². The average Bonchev–Trinajstić information content (AvgIpc) is 2.38. The Morgan fingerprint density at radius 3 is 2.67 bits per heavy atom. The van der Waals surface area contributed by atoms with Crippen LogP contribution in [0, 0.1) is 5.82 Å². The van der Waals surface area contributed by atoms with E-state index in [-0.39, 0.29) is 12.4 Å². The van der Waals surface area contributed by atoms with Gasteiger partial charge in [-0.15, -0.1) is 0 Å². The van der Waals surface area contributed by atoms with Crippen LogP contribution >= 0.6 is 12.2 Å². The number of halogens is 1. The fourth-order valence-electron chi connectivity index (χ4n) is 1.52. The summed E-state index contributed by atoms with van der Waals surface area (Å²) in [7, 11) is 0. The molecule has 0 radical (unpaired) electrons. The van der Waals surface area contributed by atoms with E-state index >= 15 is 0 Å². The number of hydrogen-bond acceptors (Lipinski definition) is 2. The van der Waals surface area contributed by atoms with Gasteiger partial charge in [0.2, 0.25) is 0 Å². The van der Waals surface area contributed by atoms with Crippen molar-refractivity contribution in [2.45, 2.75) is 6.61 Å². The van der Waals surface area contributed by atoms with E-state index < -0.39 is 0 Å². The number of hydrogen-bond donors (Lipinski definition) is 1. The Labute approximate surface area is 110 Å². The highest BCUT2D eigenvalue weighted by Gasteiger charge is 2.03. The molecule has 0 aliphatic carbocycles. The number of nitrogens with two attached hydrogens (primary N) is 1. The van der Waals surface area contributed by atoms with Gasteiger partial charge in [0.05, 0.1) is 0 Å². The smallest absolute Gasteiger partial charge is 0.129 e. The molecule has 4 heteroatoms. The summed E-state index contributed by atoms with van der Waals surface area (Å²) in [6.45, 7) is 0.174. The molecular weight excluding hydrogens is 249 g/mol. The first-order chi connectivity index (χ1) is 8.66. The zero-order chi connectivity index (χ0) is 13.0. The van der Waals surface area contributed by atoms with Crippen molar-refractivity contribution in [2.75, 3.05) is 0 Å². The summed E-state index contributed by atoms with van der Waals surface area (Å²) in [6.07, 6.45) is 0. The molecule has 0 saturated carbocycles. The molecule has 0 spiro atoms. The summed E-state index contributed by atoms with van der Waals surface area (Å²) in [4.78, 5) is 0.311. The van der Waals surface area contributed by atoms with E-state index in [0.29, 0.717) is 16.3 Å². The topological polar surface area (TPSA) is 35.2 Å². The molecule has 2 rings (SSSR count). The molecule has 0 saturated heterocycles. The van der Waals surface area contributed by atoms with Crippen LogP contribution in [0.3, 0.4) is 0 Å². The summed E-state index contributed by atoms with van der Waals surface area (Å²) >= 11 is 4.88. The third-order valence-corrected chi connectivity index (χ3v) is 2.71. The molecule has 0 atom stereocenters. The Morgan fingerprint density at radius 2 is 1.94 bits per heavy atom. The van der Waals surface area contributed by atoms with Gasteiger partial charge in [-0.3, -0.25) is 0 Å². The van der Waals surface area contributed by atoms with Crippen molar-refractivity contribution >= 4 is 17.2 Å². The fraction of sp³-hybridized carbons (Fsp3) is 0.0714. The number of benzene rings is 2. The van der Waals surface area contributed by atoms with Crippen molar-refractivity contribution < 1.29 is 9.13 Å². The van der Waals surface area contributed by atoms with Gasteiger partial charge in [-0.2, -0.15) is 0 Å². The molecule has 0 fully saturated rings. The Balaban J connectivity index is 2.09. The molecule has 0 heterocycles. The summed E-state index contributed by atoms with van der Waals surface area (Å²) in [5, 5.41) is 0. The Hall–Kier alpha value is -1.94. The van der Waals surface area contributed by atoms with Crippen LogP contribution in [0.5, 0.6) is 5.75 Å². The minimum atomic E-state index is -0.275. The lowest BCUT2D eigenvalue weighted by atomic mass is 10.2. The Kier molecular flexibility index (Phi) is 3.89. The van der Waals surface area contributed by atoms with Crippen LogP contribution in [0.1, 0.15) is 11.1 Å². The first kappa shape index (κ1) is 12.5.